The van der Waals surface area contributed by atoms with Gasteiger partial charge in [-0.2, -0.15) is 0 Å². The predicted octanol–water partition coefficient (Wildman–Crippen LogP) is 7.63. The average molecular weight is 740 g/mol. The van der Waals surface area contributed by atoms with Crippen LogP contribution in [0.15, 0.2) is 84.9 Å². The third-order valence-electron chi connectivity index (χ3n) is 8.95. The predicted molar refractivity (Wildman–Crippen MR) is 202 cm³/mol. The molecule has 0 saturated carbocycles. The maximum Gasteiger partial charge on any atom is 0.335 e. The van der Waals surface area contributed by atoms with E-state index in [1.165, 1.54) is 0 Å². The van der Waals surface area contributed by atoms with Crippen LogP contribution in [0.5, 0.6) is 0 Å². The summed E-state index contributed by atoms with van der Waals surface area (Å²) in [4.78, 5) is 27.7. The van der Waals surface area contributed by atoms with Crippen LogP contribution >= 0.6 is 23.2 Å². The zero-order valence-corrected chi connectivity index (χ0v) is 29.2. The molecule has 2 N–H and O–H groups in total. The molecule has 0 spiro atoms. The molecule has 0 radical (unpaired) electrons. The molecule has 14 heteroatoms. The van der Waals surface area contributed by atoms with E-state index in [0.29, 0.717) is 41.8 Å². The van der Waals surface area contributed by atoms with Gasteiger partial charge in [-0.05, 0) is 92.7 Å². The molecule has 6 aromatic rings. The first kappa shape index (κ1) is 36.2. The number of aromatic carboxylic acids is 1. The van der Waals surface area contributed by atoms with E-state index in [1.807, 2.05) is 89.9 Å². The highest BCUT2D eigenvalue weighted by atomic mass is 35.5. The summed E-state index contributed by atoms with van der Waals surface area (Å²) in [7, 11) is 0. The molecule has 52 heavy (non-hydrogen) atoms. The van der Waals surface area contributed by atoms with Crippen molar-refractivity contribution < 1.29 is 19.8 Å². The van der Waals surface area contributed by atoms with Gasteiger partial charge in [0.25, 0.3) is 0 Å². The van der Waals surface area contributed by atoms with E-state index in [1.54, 1.807) is 18.2 Å². The standard InChI is InChI=1S/C19H17ClN4O2.C18H15ClN4O2.CH4/c1-12-19-16-7-2-13(18(26)11-25)10-17(16)23(8-9-24(19)22-21-12)15-5-3-14(20)4-6-15;1-11-17-15-7-2-12(18(24)25)10-16(15)22(8-9-23(17)21-20-11)14-5-3-13(19)4-6-14;/h2-7,10,25H,8-9,11H2,1H3;2-7,10H,8-9H2,1H3,(H,24,25);1H4. The van der Waals surface area contributed by atoms with Gasteiger partial charge in [0, 0.05) is 51.2 Å². The monoisotopic (exact) mass is 738 g/mol. The summed E-state index contributed by atoms with van der Waals surface area (Å²) >= 11 is 12.0. The number of nitrogens with zero attached hydrogens (tertiary/aromatic N) is 8. The van der Waals surface area contributed by atoms with Gasteiger partial charge in [0.05, 0.1) is 52.8 Å². The Kier molecular flexibility index (Phi) is 10.4. The normalized spacial score (nSPS) is 12.9. The maximum atomic E-state index is 12.0. The smallest absolute Gasteiger partial charge is 0.335 e. The fraction of sp³-hybridized carbons (Fsp3) is 0.211. The molecule has 8 rings (SSSR count). The Morgan fingerprint density at radius 1 is 0.654 bits per heavy atom. The molecule has 2 aliphatic heterocycles. The number of carbonyl (C=O) groups is 2. The number of Topliss-reactive ketones (excluding diaryl/α,β-unsaturated/α-hetero) is 1. The number of aryl methyl sites for hydroxylation is 2. The number of ketones is 1. The number of anilines is 4. The molecule has 2 aromatic heterocycles. The van der Waals surface area contributed by atoms with Gasteiger partial charge < -0.3 is 20.0 Å². The minimum absolute atomic E-state index is 0. The van der Waals surface area contributed by atoms with Crippen molar-refractivity contribution in [3.05, 3.63) is 117 Å². The lowest BCUT2D eigenvalue weighted by molar-refractivity contribution is 0.0696. The van der Waals surface area contributed by atoms with E-state index >= 15 is 0 Å². The Morgan fingerprint density at radius 3 is 1.50 bits per heavy atom. The molecule has 2 aliphatic rings. The van der Waals surface area contributed by atoms with Crippen LogP contribution in [0.4, 0.5) is 22.7 Å². The van der Waals surface area contributed by atoms with Gasteiger partial charge in [-0.3, -0.25) is 4.79 Å². The van der Waals surface area contributed by atoms with Crippen molar-refractivity contribution in [2.24, 2.45) is 0 Å². The van der Waals surface area contributed by atoms with Crippen LogP contribution in [-0.4, -0.2) is 71.6 Å². The van der Waals surface area contributed by atoms with Gasteiger partial charge in [-0.15, -0.1) is 10.2 Å². The number of rotatable bonds is 5. The second-order valence-electron chi connectivity index (χ2n) is 12.1. The van der Waals surface area contributed by atoms with Crippen molar-refractivity contribution in [2.75, 3.05) is 29.5 Å². The van der Waals surface area contributed by atoms with Crippen molar-refractivity contribution in [3.63, 3.8) is 0 Å². The number of hydrogen-bond acceptors (Lipinski definition) is 9. The van der Waals surface area contributed by atoms with E-state index < -0.39 is 12.6 Å². The van der Waals surface area contributed by atoms with Crippen LogP contribution in [-0.2, 0) is 13.1 Å². The highest BCUT2D eigenvalue weighted by Gasteiger charge is 2.27. The summed E-state index contributed by atoms with van der Waals surface area (Å²) in [6.45, 7) is 5.94. The minimum atomic E-state index is -0.952. The largest absolute Gasteiger partial charge is 0.478 e. The number of carboxylic acid groups (broad SMARTS) is 1. The summed E-state index contributed by atoms with van der Waals surface area (Å²) in [5.74, 6) is -1.26. The molecule has 4 aromatic carbocycles. The first-order chi connectivity index (χ1) is 24.6. The fourth-order valence-electron chi connectivity index (χ4n) is 6.50. The molecular formula is C38H36Cl2N8O4. The molecule has 0 bridgehead atoms. The number of hydrogen-bond donors (Lipinski definition) is 2. The first-order valence-electron chi connectivity index (χ1n) is 16.2. The molecule has 266 valence electrons. The van der Waals surface area contributed by atoms with Crippen LogP contribution in [0, 0.1) is 13.8 Å². The topological polar surface area (TPSA) is 142 Å². The third-order valence-corrected chi connectivity index (χ3v) is 9.46. The number of aliphatic hydroxyl groups excluding tert-OH is 1. The van der Waals surface area contributed by atoms with Gasteiger partial charge in [0.15, 0.2) is 5.78 Å². The quantitative estimate of drug-likeness (QED) is 0.170. The highest BCUT2D eigenvalue weighted by Crippen LogP contribution is 2.41. The van der Waals surface area contributed by atoms with Crippen LogP contribution in [0.1, 0.15) is 39.5 Å². The third kappa shape index (κ3) is 6.88. The summed E-state index contributed by atoms with van der Waals surface area (Å²) in [6, 6.07) is 25.7. The lowest BCUT2D eigenvalue weighted by atomic mass is 10.0. The number of aliphatic hydroxyl groups is 1. The second-order valence-corrected chi connectivity index (χ2v) is 13.0. The number of benzene rings is 4. The molecule has 0 fully saturated rings. The summed E-state index contributed by atoms with van der Waals surface area (Å²) in [6.07, 6.45) is 0. The lowest BCUT2D eigenvalue weighted by Gasteiger charge is -2.25. The Balaban J connectivity index is 0.000000175. The highest BCUT2D eigenvalue weighted by molar-refractivity contribution is 6.31. The molecule has 0 aliphatic carbocycles. The van der Waals surface area contributed by atoms with Crippen molar-refractivity contribution in [1.82, 2.24) is 30.0 Å². The van der Waals surface area contributed by atoms with Gasteiger partial charge in [-0.1, -0.05) is 47.1 Å². The number of carboxylic acids is 1. The van der Waals surface area contributed by atoms with Crippen LogP contribution in [0.3, 0.4) is 0 Å². The number of aromatic nitrogens is 6. The minimum Gasteiger partial charge on any atom is -0.478 e. The van der Waals surface area contributed by atoms with E-state index in [4.69, 9.17) is 23.2 Å². The lowest BCUT2D eigenvalue weighted by Crippen LogP contribution is -2.21. The first-order valence-corrected chi connectivity index (χ1v) is 16.9. The van der Waals surface area contributed by atoms with Gasteiger partial charge in [0.2, 0.25) is 0 Å². The average Bonchev–Trinajstić information content (AvgIpc) is 3.58. The SMILES string of the molecule is C.Cc1nnn2c1-c1ccc(C(=O)CO)cc1N(c1ccc(Cl)cc1)CC2.Cc1nnn2c1-c1ccc(C(=O)O)cc1N(c1ccc(Cl)cc1)CC2. The maximum absolute atomic E-state index is 12.0. The second kappa shape index (κ2) is 15.0. The summed E-state index contributed by atoms with van der Waals surface area (Å²) < 4.78 is 3.75. The fourth-order valence-corrected chi connectivity index (χ4v) is 6.75. The van der Waals surface area contributed by atoms with Crippen LogP contribution in [0.2, 0.25) is 10.0 Å². The van der Waals surface area contributed by atoms with Crippen molar-refractivity contribution in [1.29, 1.82) is 0 Å². The molecule has 12 nitrogen and oxygen atoms in total. The zero-order valence-electron chi connectivity index (χ0n) is 27.7. The van der Waals surface area contributed by atoms with Gasteiger partial charge in [0.1, 0.15) is 6.61 Å². The van der Waals surface area contributed by atoms with Crippen molar-refractivity contribution in [3.8, 4) is 22.5 Å². The van der Waals surface area contributed by atoms with E-state index in [2.05, 4.69) is 30.4 Å². The van der Waals surface area contributed by atoms with Crippen LogP contribution < -0.4 is 9.80 Å². The zero-order chi connectivity index (χ0) is 35.8. The molecule has 0 unspecified atom stereocenters. The molecule has 0 saturated heterocycles. The van der Waals surface area contributed by atoms with E-state index in [0.717, 1.165) is 56.7 Å². The van der Waals surface area contributed by atoms with E-state index in [9.17, 15) is 19.8 Å². The van der Waals surface area contributed by atoms with Gasteiger partial charge in [-0.25, -0.2) is 14.2 Å². The molecule has 0 amide bonds. The number of fused-ring (bicyclic) bond motifs is 6. The Labute approximate surface area is 310 Å². The van der Waals surface area contributed by atoms with Crippen molar-refractivity contribution >= 4 is 57.7 Å². The Hall–Kier alpha value is -5.56. The van der Waals surface area contributed by atoms with Gasteiger partial charge >= 0.3 is 5.97 Å². The van der Waals surface area contributed by atoms with Crippen LogP contribution in [0.25, 0.3) is 22.5 Å². The summed E-state index contributed by atoms with van der Waals surface area (Å²) in [5, 5.41) is 36.8. The van der Waals surface area contributed by atoms with Crippen molar-refractivity contribution in [2.45, 2.75) is 34.4 Å². The molecular weight excluding hydrogens is 703 g/mol. The molecule has 0 atom stereocenters. The Morgan fingerprint density at radius 2 is 1.08 bits per heavy atom. The Bertz CT molecular complexity index is 2270. The number of halogens is 2. The number of carbonyl (C=O) groups excluding carboxylic acids is 1. The summed E-state index contributed by atoms with van der Waals surface area (Å²) in [5.41, 5.74) is 9.75. The molecule has 4 heterocycles. The van der Waals surface area contributed by atoms with E-state index in [-0.39, 0.29) is 18.8 Å².